The predicted octanol–water partition coefficient (Wildman–Crippen LogP) is 2.35. The monoisotopic (exact) mass is 178 g/mol. The molecule has 0 amide bonds. The van der Waals surface area contributed by atoms with Crippen molar-refractivity contribution in [3.8, 4) is 0 Å². The van der Waals surface area contributed by atoms with Gasteiger partial charge in [0.05, 0.1) is 0 Å². The van der Waals surface area contributed by atoms with Crippen LogP contribution in [0.15, 0.2) is 0 Å². The van der Waals surface area contributed by atoms with Crippen molar-refractivity contribution in [2.24, 2.45) is 5.92 Å². The second-order valence-electron chi connectivity index (χ2n) is 2.86. The molecule has 3 atom stereocenters. The predicted molar refractivity (Wildman–Crippen MR) is 38.4 cm³/mol. The molecular weight excluding hydrogens is 163 g/mol. The maximum absolute atomic E-state index is 2.40. The maximum atomic E-state index is 2.40. The number of hydrogen-bond acceptors (Lipinski definition) is 0. The molecule has 1 aliphatic rings. The fraction of sp³-hybridized carbons (Fsp3) is 1.00. The standard InChI is InChI=1S/C7H14Se/c1-5-4-6(2)8-7(5)3/h5-7H,4H2,1-3H3. The third kappa shape index (κ3) is 1.27. The van der Waals surface area contributed by atoms with Gasteiger partial charge in [-0.1, -0.05) is 0 Å². The summed E-state index contributed by atoms with van der Waals surface area (Å²) in [5.41, 5.74) is 0. The van der Waals surface area contributed by atoms with Crippen molar-refractivity contribution in [1.29, 1.82) is 0 Å². The molecule has 0 aromatic rings. The van der Waals surface area contributed by atoms with Crippen molar-refractivity contribution in [1.82, 2.24) is 0 Å². The molecule has 0 nitrogen and oxygen atoms in total. The summed E-state index contributed by atoms with van der Waals surface area (Å²) in [5.74, 6) is 1.02. The van der Waals surface area contributed by atoms with Crippen LogP contribution in [0.1, 0.15) is 27.2 Å². The zero-order valence-electron chi connectivity index (χ0n) is 5.85. The topological polar surface area (TPSA) is 0 Å². The van der Waals surface area contributed by atoms with Gasteiger partial charge in [0.1, 0.15) is 0 Å². The summed E-state index contributed by atoms with van der Waals surface area (Å²) in [6, 6.07) is 0. The van der Waals surface area contributed by atoms with Gasteiger partial charge in [0.25, 0.3) is 0 Å². The first kappa shape index (κ1) is 6.64. The molecule has 48 valence electrons. The summed E-state index contributed by atoms with van der Waals surface area (Å²) in [4.78, 5) is 2.12. The second kappa shape index (κ2) is 2.41. The van der Waals surface area contributed by atoms with Crippen molar-refractivity contribution in [2.45, 2.75) is 36.8 Å². The summed E-state index contributed by atoms with van der Waals surface area (Å²) >= 11 is 0.958. The Kier molecular flexibility index (Phi) is 2.00. The van der Waals surface area contributed by atoms with E-state index in [0.717, 1.165) is 30.5 Å². The molecule has 1 saturated heterocycles. The van der Waals surface area contributed by atoms with Crippen molar-refractivity contribution in [3.05, 3.63) is 0 Å². The third-order valence-corrected chi connectivity index (χ3v) is 5.21. The Balaban J connectivity index is 2.39. The van der Waals surface area contributed by atoms with E-state index < -0.39 is 0 Å². The van der Waals surface area contributed by atoms with Crippen LogP contribution in [0, 0.1) is 5.92 Å². The van der Waals surface area contributed by atoms with Crippen molar-refractivity contribution in [3.63, 3.8) is 0 Å². The minimum atomic E-state index is 0.958. The van der Waals surface area contributed by atoms with Crippen LogP contribution in [0.4, 0.5) is 0 Å². The van der Waals surface area contributed by atoms with Crippen LogP contribution >= 0.6 is 0 Å². The number of rotatable bonds is 0. The molecule has 0 aromatic heterocycles. The van der Waals surface area contributed by atoms with E-state index in [1.165, 1.54) is 6.42 Å². The summed E-state index contributed by atoms with van der Waals surface area (Å²) in [7, 11) is 0. The van der Waals surface area contributed by atoms with E-state index in [9.17, 15) is 0 Å². The zero-order chi connectivity index (χ0) is 6.15. The van der Waals surface area contributed by atoms with Crippen LogP contribution in [0.5, 0.6) is 0 Å². The van der Waals surface area contributed by atoms with Crippen LogP contribution in [0.3, 0.4) is 0 Å². The Bertz CT molecular complexity index is 70.5. The Morgan fingerprint density at radius 2 is 1.88 bits per heavy atom. The van der Waals surface area contributed by atoms with E-state index in [0.29, 0.717) is 0 Å². The average Bonchev–Trinajstić information content (AvgIpc) is 1.85. The molecule has 1 rings (SSSR count). The van der Waals surface area contributed by atoms with E-state index in [2.05, 4.69) is 20.8 Å². The van der Waals surface area contributed by atoms with Crippen molar-refractivity contribution >= 4 is 15.0 Å². The molecule has 0 aliphatic carbocycles. The Hall–Kier alpha value is 0.519. The van der Waals surface area contributed by atoms with Crippen molar-refractivity contribution < 1.29 is 0 Å². The number of hydrogen-bond donors (Lipinski definition) is 0. The molecule has 0 spiro atoms. The summed E-state index contributed by atoms with van der Waals surface area (Å²) in [6.45, 7) is 7.17. The molecule has 0 N–H and O–H groups in total. The molecule has 0 bridgehead atoms. The van der Waals surface area contributed by atoms with Crippen LogP contribution in [0.25, 0.3) is 0 Å². The quantitative estimate of drug-likeness (QED) is 0.498. The van der Waals surface area contributed by atoms with Gasteiger partial charge in [0, 0.05) is 0 Å². The van der Waals surface area contributed by atoms with E-state index in [4.69, 9.17) is 0 Å². The van der Waals surface area contributed by atoms with E-state index in [1.807, 2.05) is 0 Å². The molecule has 1 aliphatic heterocycles. The molecule has 0 aromatic carbocycles. The summed E-state index contributed by atoms with van der Waals surface area (Å²) in [5, 5.41) is 0. The summed E-state index contributed by atoms with van der Waals surface area (Å²) in [6.07, 6.45) is 1.49. The molecule has 3 unspecified atom stereocenters. The van der Waals surface area contributed by atoms with Gasteiger partial charge in [-0.2, -0.15) is 0 Å². The molecule has 1 heterocycles. The summed E-state index contributed by atoms with van der Waals surface area (Å²) < 4.78 is 0. The fourth-order valence-corrected chi connectivity index (χ4v) is 4.47. The average molecular weight is 177 g/mol. The van der Waals surface area contributed by atoms with Gasteiger partial charge in [-0.15, -0.1) is 0 Å². The Morgan fingerprint density at radius 3 is 2.00 bits per heavy atom. The van der Waals surface area contributed by atoms with E-state index >= 15 is 0 Å². The zero-order valence-corrected chi connectivity index (χ0v) is 7.56. The van der Waals surface area contributed by atoms with E-state index in [1.54, 1.807) is 0 Å². The molecule has 1 heteroatoms. The third-order valence-electron chi connectivity index (χ3n) is 1.95. The Morgan fingerprint density at radius 1 is 1.25 bits per heavy atom. The molecular formula is C7H14Se. The second-order valence-corrected chi connectivity index (χ2v) is 6.68. The van der Waals surface area contributed by atoms with Gasteiger partial charge >= 0.3 is 57.7 Å². The molecule has 1 fully saturated rings. The van der Waals surface area contributed by atoms with Gasteiger partial charge in [0.15, 0.2) is 0 Å². The molecule has 0 radical (unpaired) electrons. The Labute approximate surface area is 58.2 Å². The van der Waals surface area contributed by atoms with Crippen molar-refractivity contribution in [2.75, 3.05) is 0 Å². The van der Waals surface area contributed by atoms with Gasteiger partial charge in [0.2, 0.25) is 0 Å². The van der Waals surface area contributed by atoms with Crippen LogP contribution in [-0.4, -0.2) is 15.0 Å². The first-order chi connectivity index (χ1) is 3.70. The van der Waals surface area contributed by atoms with E-state index in [-0.39, 0.29) is 0 Å². The van der Waals surface area contributed by atoms with Gasteiger partial charge in [-0.3, -0.25) is 0 Å². The SMILES string of the molecule is CC1CC(C)C(C)[Se]1. The van der Waals surface area contributed by atoms with Gasteiger partial charge in [-0.05, 0) is 0 Å². The molecule has 0 saturated carbocycles. The van der Waals surface area contributed by atoms with Gasteiger partial charge < -0.3 is 0 Å². The van der Waals surface area contributed by atoms with Crippen LogP contribution in [-0.2, 0) is 0 Å². The first-order valence-corrected chi connectivity index (χ1v) is 5.33. The minimum absolute atomic E-state index is 0.958. The van der Waals surface area contributed by atoms with Crippen LogP contribution in [0.2, 0.25) is 9.63 Å². The van der Waals surface area contributed by atoms with Crippen LogP contribution < -0.4 is 0 Å². The van der Waals surface area contributed by atoms with Gasteiger partial charge in [-0.25, -0.2) is 0 Å². The normalized spacial score (nSPS) is 47.6. The first-order valence-electron chi connectivity index (χ1n) is 3.35. The molecule has 8 heavy (non-hydrogen) atoms. The fourth-order valence-electron chi connectivity index (χ4n) is 1.27.